The Bertz CT molecular complexity index is 1050. The van der Waals surface area contributed by atoms with Gasteiger partial charge in [0.1, 0.15) is 0 Å². The first kappa shape index (κ1) is 25.7. The molecule has 0 radical (unpaired) electrons. The zero-order valence-corrected chi connectivity index (χ0v) is 20.1. The first-order valence-corrected chi connectivity index (χ1v) is 12.8. The van der Waals surface area contributed by atoms with Crippen molar-refractivity contribution in [3.63, 3.8) is 0 Å². The topological polar surface area (TPSA) is 115 Å². The molecule has 1 aliphatic rings. The van der Waals surface area contributed by atoms with Crippen molar-refractivity contribution in [2.24, 2.45) is 5.14 Å². The number of benzene rings is 2. The van der Waals surface area contributed by atoms with Crippen LogP contribution in [0.4, 0.5) is 5.69 Å². The Labute approximate surface area is 195 Å². The number of amides is 1. The summed E-state index contributed by atoms with van der Waals surface area (Å²) in [4.78, 5) is 12.3. The van der Waals surface area contributed by atoms with Crippen LogP contribution < -0.4 is 16.2 Å². The molecule has 0 saturated carbocycles. The summed E-state index contributed by atoms with van der Waals surface area (Å²) in [6.07, 6.45) is 6.20. The summed E-state index contributed by atoms with van der Waals surface area (Å²) in [6, 6.07) is 17.6. The molecule has 1 aliphatic carbocycles. The Morgan fingerprint density at radius 3 is 2.34 bits per heavy atom. The lowest BCUT2D eigenvalue weighted by atomic mass is 9.92. The fourth-order valence-electron chi connectivity index (χ4n) is 3.05. The minimum atomic E-state index is -3.71. The molecule has 0 spiro atoms. The van der Waals surface area contributed by atoms with Gasteiger partial charge < -0.3 is 11.1 Å². The third-order valence-electron chi connectivity index (χ3n) is 4.73. The highest BCUT2D eigenvalue weighted by Gasteiger charge is 2.24. The number of hydrogen-bond acceptors (Lipinski definition) is 5. The zero-order chi connectivity index (χ0) is 23.6. The second kappa shape index (κ2) is 12.5. The minimum absolute atomic E-state index is 0.0680. The molecule has 2 aromatic rings. The van der Waals surface area contributed by atoms with Gasteiger partial charge in [0.25, 0.3) is 0 Å². The van der Waals surface area contributed by atoms with E-state index in [1.807, 2.05) is 42.5 Å². The fourth-order valence-corrected chi connectivity index (χ4v) is 4.85. The van der Waals surface area contributed by atoms with Crippen molar-refractivity contribution in [2.45, 2.75) is 43.9 Å². The van der Waals surface area contributed by atoms with Gasteiger partial charge >= 0.3 is 0 Å². The number of unbranched alkanes of at least 4 members (excludes halogenated alkanes) is 1. The van der Waals surface area contributed by atoms with Gasteiger partial charge in [0, 0.05) is 30.0 Å². The van der Waals surface area contributed by atoms with Crippen molar-refractivity contribution in [2.75, 3.05) is 12.3 Å². The number of rotatable bonds is 7. The maximum absolute atomic E-state index is 11.7. The van der Waals surface area contributed by atoms with Crippen molar-refractivity contribution in [1.29, 1.82) is 0 Å². The average molecular weight is 474 g/mol. The van der Waals surface area contributed by atoms with Gasteiger partial charge in [0.05, 0.1) is 4.91 Å². The summed E-state index contributed by atoms with van der Waals surface area (Å²) < 4.78 is 23.4. The Hall–Kier alpha value is -2.55. The van der Waals surface area contributed by atoms with E-state index in [1.165, 1.54) is 6.92 Å². The second-order valence-corrected chi connectivity index (χ2v) is 10.1. The monoisotopic (exact) mass is 473 g/mol. The van der Waals surface area contributed by atoms with Crippen molar-refractivity contribution in [3.05, 3.63) is 82.1 Å². The van der Waals surface area contributed by atoms with Gasteiger partial charge in [-0.05, 0) is 53.7 Å². The quantitative estimate of drug-likeness (QED) is 0.404. The van der Waals surface area contributed by atoms with Crippen LogP contribution in [0.25, 0.3) is 0 Å². The fraction of sp³-hybridized carbons (Fsp3) is 0.292. The van der Waals surface area contributed by atoms with E-state index in [4.69, 9.17) is 10.9 Å². The number of hydrogen-bond donors (Lipinski definition) is 3. The number of nitrogen functional groups attached to an aromatic ring is 1. The van der Waals surface area contributed by atoms with Crippen LogP contribution in [0.15, 0.2) is 81.5 Å². The molecular weight excluding hydrogens is 442 g/mol. The van der Waals surface area contributed by atoms with Crippen LogP contribution in [0.3, 0.4) is 0 Å². The molecule has 1 amide bonds. The molecule has 3 rings (SSSR count). The van der Waals surface area contributed by atoms with E-state index >= 15 is 0 Å². The number of anilines is 1. The van der Waals surface area contributed by atoms with E-state index in [-0.39, 0.29) is 16.7 Å². The van der Waals surface area contributed by atoms with E-state index in [1.54, 1.807) is 23.9 Å². The molecule has 0 aliphatic heterocycles. The average Bonchev–Trinajstić information content (AvgIpc) is 2.76. The van der Waals surface area contributed by atoms with Crippen LogP contribution in [-0.4, -0.2) is 20.9 Å². The van der Waals surface area contributed by atoms with Gasteiger partial charge in [-0.15, -0.1) is 0 Å². The van der Waals surface area contributed by atoms with Gasteiger partial charge in [-0.25, -0.2) is 13.6 Å². The Morgan fingerprint density at radius 2 is 1.78 bits per heavy atom. The zero-order valence-electron chi connectivity index (χ0n) is 18.5. The molecule has 32 heavy (non-hydrogen) atoms. The summed E-state index contributed by atoms with van der Waals surface area (Å²) in [5, 5.41) is 8.01. The molecular formula is C24H31N3O3S2. The van der Waals surface area contributed by atoms with Crippen molar-refractivity contribution >= 4 is 33.4 Å². The molecule has 6 nitrogen and oxygen atoms in total. The van der Waals surface area contributed by atoms with Crippen molar-refractivity contribution < 1.29 is 13.2 Å². The molecule has 172 valence electrons. The minimum Gasteiger partial charge on any atom is -0.399 e. The molecule has 0 aromatic heterocycles. The van der Waals surface area contributed by atoms with Crippen LogP contribution in [0.5, 0.6) is 0 Å². The molecule has 8 heteroatoms. The Balaban J connectivity index is 0.000000390. The van der Waals surface area contributed by atoms with Crippen molar-refractivity contribution in [1.82, 2.24) is 5.32 Å². The maximum Gasteiger partial charge on any atom is 0.237 e. The second-order valence-electron chi connectivity index (χ2n) is 7.40. The molecule has 1 unspecified atom stereocenters. The normalized spacial score (nSPS) is 15.7. The summed E-state index contributed by atoms with van der Waals surface area (Å²) in [7, 11) is -3.71. The first-order valence-electron chi connectivity index (χ1n) is 10.5. The lowest BCUT2D eigenvalue weighted by molar-refractivity contribution is -0.118. The summed E-state index contributed by atoms with van der Waals surface area (Å²) in [5.74, 6) is 0.178. The Morgan fingerprint density at radius 1 is 1.12 bits per heavy atom. The van der Waals surface area contributed by atoms with Gasteiger partial charge in [-0.1, -0.05) is 61.5 Å². The standard InChI is InChI=1S/C18H18N2O2S2.C6H13NO/c19-14-6-8-15(9-7-14)23-18-12-16(24(20,21)22)10-11-17(18)13-4-2-1-3-5-13;1-3-4-5-7-6(2)8/h1-10,12,17H,11,19H2,(H2,20,21,22);3-5H2,1-2H3,(H,7,8). The van der Waals surface area contributed by atoms with Crippen LogP contribution >= 0.6 is 11.8 Å². The van der Waals surface area contributed by atoms with E-state index in [0.717, 1.165) is 34.8 Å². The van der Waals surface area contributed by atoms with E-state index in [9.17, 15) is 13.2 Å². The highest BCUT2D eigenvalue weighted by Crippen LogP contribution is 2.43. The van der Waals surface area contributed by atoms with Crippen LogP contribution in [-0.2, 0) is 14.8 Å². The van der Waals surface area contributed by atoms with Gasteiger partial charge in [0.2, 0.25) is 15.9 Å². The predicted molar refractivity (Wildman–Crippen MR) is 133 cm³/mol. The molecule has 1 atom stereocenters. The van der Waals surface area contributed by atoms with Crippen LogP contribution in [0.2, 0.25) is 0 Å². The van der Waals surface area contributed by atoms with Gasteiger partial charge in [0.15, 0.2) is 0 Å². The summed E-state index contributed by atoms with van der Waals surface area (Å²) in [6.45, 7) is 4.46. The molecule has 5 N–H and O–H groups in total. The molecule has 0 bridgehead atoms. The highest BCUT2D eigenvalue weighted by molar-refractivity contribution is 8.03. The molecule has 0 saturated heterocycles. The number of sulfonamides is 1. The number of primary sulfonamides is 1. The highest BCUT2D eigenvalue weighted by atomic mass is 32.2. The smallest absolute Gasteiger partial charge is 0.237 e. The van der Waals surface area contributed by atoms with Crippen LogP contribution in [0, 0.1) is 0 Å². The van der Waals surface area contributed by atoms with Gasteiger partial charge in [-0.3, -0.25) is 4.79 Å². The number of nitrogens with two attached hydrogens (primary N) is 2. The Kier molecular flexibility index (Phi) is 10.0. The molecule has 2 aromatic carbocycles. The number of thioether (sulfide) groups is 1. The first-order chi connectivity index (χ1) is 15.2. The number of carbonyl (C=O) groups is 1. The van der Waals surface area contributed by atoms with E-state index in [2.05, 4.69) is 24.4 Å². The summed E-state index contributed by atoms with van der Waals surface area (Å²) in [5.41, 5.74) is 7.57. The van der Waals surface area contributed by atoms with Gasteiger partial charge in [-0.2, -0.15) is 0 Å². The van der Waals surface area contributed by atoms with E-state index in [0.29, 0.717) is 12.1 Å². The molecule has 0 fully saturated rings. The predicted octanol–water partition coefficient (Wildman–Crippen LogP) is 4.53. The van der Waals surface area contributed by atoms with Crippen molar-refractivity contribution in [3.8, 4) is 0 Å². The van der Waals surface area contributed by atoms with Crippen LogP contribution in [0.1, 0.15) is 44.6 Å². The third kappa shape index (κ3) is 8.53. The SMILES string of the molecule is CCCCNC(C)=O.Nc1ccc(SC2=CC(S(N)(=O)=O)=CCC2c2ccccc2)cc1. The summed E-state index contributed by atoms with van der Waals surface area (Å²) >= 11 is 1.54. The lowest BCUT2D eigenvalue weighted by Gasteiger charge is -2.23. The largest absolute Gasteiger partial charge is 0.399 e. The van der Waals surface area contributed by atoms with E-state index < -0.39 is 10.0 Å². The number of nitrogens with one attached hydrogen (secondary N) is 1. The maximum atomic E-state index is 11.7. The number of carbonyl (C=O) groups excluding carboxylic acids is 1. The molecule has 0 heterocycles. The third-order valence-corrected chi connectivity index (χ3v) is 6.82. The number of allylic oxidation sites excluding steroid dienone is 3. The lowest BCUT2D eigenvalue weighted by Crippen LogP contribution is -2.20.